The maximum absolute atomic E-state index is 5.92. The highest BCUT2D eigenvalue weighted by atomic mass is 15.3. The summed E-state index contributed by atoms with van der Waals surface area (Å²) in [6.07, 6.45) is 6.05. The van der Waals surface area contributed by atoms with Gasteiger partial charge in [0.05, 0.1) is 6.20 Å². The molecule has 0 saturated heterocycles. The van der Waals surface area contributed by atoms with Crippen molar-refractivity contribution in [3.8, 4) is 0 Å². The van der Waals surface area contributed by atoms with Crippen LogP contribution < -0.4 is 5.73 Å². The monoisotopic (exact) mass is 167 g/mol. The van der Waals surface area contributed by atoms with Crippen molar-refractivity contribution in [2.45, 2.75) is 39.3 Å². The molecule has 0 aliphatic carbocycles. The summed E-state index contributed by atoms with van der Waals surface area (Å²) < 4.78 is 1.91. The number of nitrogens with two attached hydrogens (primary N) is 1. The van der Waals surface area contributed by atoms with Crippen molar-refractivity contribution in [3.05, 3.63) is 18.0 Å². The van der Waals surface area contributed by atoms with Crippen LogP contribution in [0.25, 0.3) is 0 Å². The summed E-state index contributed by atoms with van der Waals surface area (Å²) in [5.41, 5.74) is 7.07. The van der Waals surface area contributed by atoms with E-state index in [-0.39, 0.29) is 6.04 Å². The second-order valence-corrected chi connectivity index (χ2v) is 3.02. The summed E-state index contributed by atoms with van der Waals surface area (Å²) >= 11 is 0. The number of hydrogen-bond donors (Lipinski definition) is 1. The fraction of sp³-hybridized carbons (Fsp3) is 0.667. The molecule has 0 amide bonds. The molecule has 12 heavy (non-hydrogen) atoms. The Morgan fingerprint density at radius 3 is 2.83 bits per heavy atom. The Labute approximate surface area is 73.6 Å². The molecule has 0 bridgehead atoms. The number of nitrogens with zero attached hydrogens (tertiary/aromatic N) is 2. The predicted octanol–water partition coefficient (Wildman–Crippen LogP) is 1.70. The molecular weight excluding hydrogens is 150 g/mol. The molecule has 2 N–H and O–H groups in total. The Kier molecular flexibility index (Phi) is 3.29. The van der Waals surface area contributed by atoms with Crippen LogP contribution in [0.5, 0.6) is 0 Å². The molecule has 68 valence electrons. The van der Waals surface area contributed by atoms with Crippen LogP contribution in [-0.4, -0.2) is 9.78 Å². The van der Waals surface area contributed by atoms with Crippen LogP contribution in [0.15, 0.2) is 12.4 Å². The third-order valence-electron chi connectivity index (χ3n) is 2.01. The van der Waals surface area contributed by atoms with Crippen molar-refractivity contribution in [3.63, 3.8) is 0 Å². The number of aryl methyl sites for hydroxylation is 1. The molecule has 0 spiro atoms. The minimum Gasteiger partial charge on any atom is -0.324 e. The number of aromatic nitrogens is 2. The first kappa shape index (κ1) is 9.26. The molecule has 3 heteroatoms. The summed E-state index contributed by atoms with van der Waals surface area (Å²) in [6, 6.07) is 0.162. The van der Waals surface area contributed by atoms with E-state index < -0.39 is 0 Å². The van der Waals surface area contributed by atoms with Gasteiger partial charge in [0.15, 0.2) is 0 Å². The maximum atomic E-state index is 5.92. The fourth-order valence-corrected chi connectivity index (χ4v) is 1.22. The van der Waals surface area contributed by atoms with Gasteiger partial charge >= 0.3 is 0 Å². The highest BCUT2D eigenvalue weighted by molar-refractivity contribution is 5.09. The first-order valence-electron chi connectivity index (χ1n) is 4.55. The van der Waals surface area contributed by atoms with Gasteiger partial charge in [0, 0.05) is 24.3 Å². The van der Waals surface area contributed by atoms with Crippen molar-refractivity contribution in [2.75, 3.05) is 0 Å². The minimum absolute atomic E-state index is 0.162. The van der Waals surface area contributed by atoms with Crippen LogP contribution in [0, 0.1) is 0 Å². The van der Waals surface area contributed by atoms with E-state index in [1.54, 1.807) is 0 Å². The average Bonchev–Trinajstić information content (AvgIpc) is 2.52. The lowest BCUT2D eigenvalue weighted by atomic mass is 10.1. The molecule has 1 rings (SSSR count). The van der Waals surface area contributed by atoms with Gasteiger partial charge < -0.3 is 5.73 Å². The summed E-state index contributed by atoms with van der Waals surface area (Å²) in [5.74, 6) is 0. The van der Waals surface area contributed by atoms with Crippen molar-refractivity contribution in [1.29, 1.82) is 0 Å². The molecule has 0 saturated carbocycles. The normalized spacial score (nSPS) is 13.2. The van der Waals surface area contributed by atoms with Gasteiger partial charge in [-0.1, -0.05) is 13.3 Å². The van der Waals surface area contributed by atoms with Crippen molar-refractivity contribution in [1.82, 2.24) is 9.78 Å². The van der Waals surface area contributed by atoms with Gasteiger partial charge in [-0.25, -0.2) is 0 Å². The quantitative estimate of drug-likeness (QED) is 0.741. The molecule has 1 heterocycles. The lowest BCUT2D eigenvalue weighted by Gasteiger charge is -2.05. The molecule has 1 aromatic rings. The summed E-state index contributed by atoms with van der Waals surface area (Å²) in [4.78, 5) is 0. The lowest BCUT2D eigenvalue weighted by Crippen LogP contribution is -2.08. The molecule has 0 aliphatic heterocycles. The van der Waals surface area contributed by atoms with Crippen LogP contribution in [0.1, 0.15) is 38.3 Å². The van der Waals surface area contributed by atoms with E-state index in [0.717, 1.165) is 24.9 Å². The zero-order chi connectivity index (χ0) is 8.97. The Bertz CT molecular complexity index is 229. The molecule has 3 nitrogen and oxygen atoms in total. The van der Waals surface area contributed by atoms with Crippen LogP contribution in [0.3, 0.4) is 0 Å². The Morgan fingerprint density at radius 1 is 1.58 bits per heavy atom. The van der Waals surface area contributed by atoms with E-state index in [0.29, 0.717) is 0 Å². The van der Waals surface area contributed by atoms with E-state index in [4.69, 9.17) is 5.73 Å². The van der Waals surface area contributed by atoms with E-state index >= 15 is 0 Å². The van der Waals surface area contributed by atoms with Gasteiger partial charge in [-0.3, -0.25) is 4.68 Å². The average molecular weight is 167 g/mol. The van der Waals surface area contributed by atoms with Crippen LogP contribution >= 0.6 is 0 Å². The zero-order valence-corrected chi connectivity index (χ0v) is 7.83. The Hall–Kier alpha value is -0.830. The highest BCUT2D eigenvalue weighted by Crippen LogP contribution is 2.13. The fourth-order valence-electron chi connectivity index (χ4n) is 1.22. The standard InChI is InChI=1S/C9H17N3/c1-3-5-9(10)8-6-11-12(4-2)7-8/h6-7,9H,3-5,10H2,1-2H3. The summed E-state index contributed by atoms with van der Waals surface area (Å²) in [7, 11) is 0. The minimum atomic E-state index is 0.162. The van der Waals surface area contributed by atoms with E-state index in [1.807, 2.05) is 17.1 Å². The van der Waals surface area contributed by atoms with Gasteiger partial charge in [0.2, 0.25) is 0 Å². The molecule has 0 aliphatic rings. The Morgan fingerprint density at radius 2 is 2.33 bits per heavy atom. The molecule has 0 fully saturated rings. The number of rotatable bonds is 4. The van der Waals surface area contributed by atoms with Crippen molar-refractivity contribution < 1.29 is 0 Å². The molecule has 1 unspecified atom stereocenters. The van der Waals surface area contributed by atoms with E-state index in [2.05, 4.69) is 18.9 Å². The first-order valence-corrected chi connectivity index (χ1v) is 4.55. The van der Waals surface area contributed by atoms with Gasteiger partial charge in [0.1, 0.15) is 0 Å². The molecular formula is C9H17N3. The molecule has 0 aromatic carbocycles. The van der Waals surface area contributed by atoms with Crippen LogP contribution in [0.2, 0.25) is 0 Å². The zero-order valence-electron chi connectivity index (χ0n) is 7.83. The number of hydrogen-bond acceptors (Lipinski definition) is 2. The van der Waals surface area contributed by atoms with Crippen molar-refractivity contribution >= 4 is 0 Å². The largest absolute Gasteiger partial charge is 0.324 e. The SMILES string of the molecule is CCCC(N)c1cnn(CC)c1. The summed E-state index contributed by atoms with van der Waals surface area (Å²) in [6.45, 7) is 5.13. The smallest absolute Gasteiger partial charge is 0.0537 e. The molecule has 0 radical (unpaired) electrons. The topological polar surface area (TPSA) is 43.8 Å². The Balaban J connectivity index is 2.61. The predicted molar refractivity (Wildman–Crippen MR) is 49.7 cm³/mol. The van der Waals surface area contributed by atoms with Gasteiger partial charge in [0.25, 0.3) is 0 Å². The second-order valence-electron chi connectivity index (χ2n) is 3.02. The third-order valence-corrected chi connectivity index (χ3v) is 2.01. The molecule has 1 aromatic heterocycles. The lowest BCUT2D eigenvalue weighted by molar-refractivity contribution is 0.631. The van der Waals surface area contributed by atoms with E-state index in [1.165, 1.54) is 0 Å². The third kappa shape index (κ3) is 2.08. The summed E-state index contributed by atoms with van der Waals surface area (Å²) in [5, 5.41) is 4.17. The van der Waals surface area contributed by atoms with Crippen LogP contribution in [0.4, 0.5) is 0 Å². The highest BCUT2D eigenvalue weighted by Gasteiger charge is 2.06. The van der Waals surface area contributed by atoms with Gasteiger partial charge in [-0.2, -0.15) is 5.10 Å². The van der Waals surface area contributed by atoms with Gasteiger partial charge in [-0.05, 0) is 13.3 Å². The second kappa shape index (κ2) is 4.26. The maximum Gasteiger partial charge on any atom is 0.0537 e. The first-order chi connectivity index (χ1) is 5.77. The van der Waals surface area contributed by atoms with Gasteiger partial charge in [-0.15, -0.1) is 0 Å². The van der Waals surface area contributed by atoms with Crippen LogP contribution in [-0.2, 0) is 6.54 Å². The van der Waals surface area contributed by atoms with Crippen molar-refractivity contribution in [2.24, 2.45) is 5.73 Å². The molecule has 1 atom stereocenters. The van der Waals surface area contributed by atoms with E-state index in [9.17, 15) is 0 Å².